The normalized spacial score (nSPS) is 22.6. The number of piperazine rings is 1. The molecule has 2 fully saturated rings. The predicted molar refractivity (Wildman–Crippen MR) is 114 cm³/mol. The second-order valence-electron chi connectivity index (χ2n) is 8.49. The van der Waals surface area contributed by atoms with E-state index in [0.717, 1.165) is 38.8 Å². The number of benzene rings is 1. The van der Waals surface area contributed by atoms with Crippen LogP contribution in [-0.2, 0) is 10.0 Å². The molecule has 2 aliphatic heterocycles. The first-order valence-electron chi connectivity index (χ1n) is 10.5. The van der Waals surface area contributed by atoms with Crippen molar-refractivity contribution < 1.29 is 13.3 Å². The summed E-state index contributed by atoms with van der Waals surface area (Å²) in [6, 6.07) is 4.56. The summed E-state index contributed by atoms with van der Waals surface area (Å²) >= 11 is 0. The number of hydrogen-bond acceptors (Lipinski definition) is 6. The number of anilines is 1. The molecule has 1 aromatic rings. The van der Waals surface area contributed by atoms with Crippen molar-refractivity contribution in [1.29, 1.82) is 0 Å². The van der Waals surface area contributed by atoms with E-state index in [2.05, 4.69) is 30.7 Å². The van der Waals surface area contributed by atoms with Crippen LogP contribution in [0.1, 0.15) is 39.5 Å². The molecular weight excluding hydrogens is 392 g/mol. The first kappa shape index (κ1) is 22.0. The molecule has 0 radical (unpaired) electrons. The van der Waals surface area contributed by atoms with Crippen LogP contribution in [0.15, 0.2) is 23.1 Å². The smallest absolute Gasteiger partial charge is 0.293 e. The van der Waals surface area contributed by atoms with Crippen LogP contribution in [0.25, 0.3) is 0 Å². The van der Waals surface area contributed by atoms with Crippen LogP contribution >= 0.6 is 0 Å². The average Bonchev–Trinajstić information content (AvgIpc) is 2.97. The maximum absolute atomic E-state index is 13.1. The van der Waals surface area contributed by atoms with E-state index < -0.39 is 14.9 Å². The van der Waals surface area contributed by atoms with Gasteiger partial charge >= 0.3 is 0 Å². The van der Waals surface area contributed by atoms with E-state index in [1.165, 1.54) is 16.4 Å². The summed E-state index contributed by atoms with van der Waals surface area (Å²) in [5.41, 5.74) is 0.382. The molecule has 0 aromatic heterocycles. The monoisotopic (exact) mass is 424 g/mol. The average molecular weight is 425 g/mol. The third-order valence-corrected chi connectivity index (χ3v) is 7.94. The van der Waals surface area contributed by atoms with E-state index in [4.69, 9.17) is 0 Å². The van der Waals surface area contributed by atoms with Crippen LogP contribution in [0, 0.1) is 16.0 Å². The SMILES string of the molecule is CC(C)C1CN(C)CCN1c1ccc(S(=O)(=O)N2CCCCCC2)cc1[N+](=O)[O-]. The van der Waals surface area contributed by atoms with Crippen molar-refractivity contribution >= 4 is 21.4 Å². The minimum absolute atomic E-state index is 0.0186. The molecule has 2 heterocycles. The number of hydrogen-bond donors (Lipinski definition) is 0. The van der Waals surface area contributed by atoms with Gasteiger partial charge in [0.05, 0.1) is 9.82 Å². The van der Waals surface area contributed by atoms with E-state index in [9.17, 15) is 18.5 Å². The molecule has 8 nitrogen and oxygen atoms in total. The van der Waals surface area contributed by atoms with Gasteiger partial charge in [-0.3, -0.25) is 10.1 Å². The Morgan fingerprint density at radius 1 is 1.07 bits per heavy atom. The summed E-state index contributed by atoms with van der Waals surface area (Å²) in [6.07, 6.45) is 3.70. The molecular formula is C20H32N4O4S. The van der Waals surface area contributed by atoms with Crippen LogP contribution in [-0.4, -0.2) is 68.4 Å². The van der Waals surface area contributed by atoms with Crippen molar-refractivity contribution in [2.75, 3.05) is 44.7 Å². The number of rotatable bonds is 5. The van der Waals surface area contributed by atoms with E-state index >= 15 is 0 Å². The van der Waals surface area contributed by atoms with Crippen molar-refractivity contribution in [2.45, 2.75) is 50.5 Å². The van der Waals surface area contributed by atoms with Gasteiger partial charge in [0.25, 0.3) is 5.69 Å². The Morgan fingerprint density at radius 3 is 2.31 bits per heavy atom. The molecule has 1 atom stereocenters. The number of nitro groups is 1. The van der Waals surface area contributed by atoms with Gasteiger partial charge in [0.1, 0.15) is 5.69 Å². The molecule has 0 aliphatic carbocycles. The van der Waals surface area contributed by atoms with Gasteiger partial charge in [-0.15, -0.1) is 0 Å². The molecule has 0 saturated carbocycles. The molecule has 9 heteroatoms. The summed E-state index contributed by atoms with van der Waals surface area (Å²) in [4.78, 5) is 15.7. The van der Waals surface area contributed by atoms with E-state index in [1.807, 2.05) is 0 Å². The molecule has 29 heavy (non-hydrogen) atoms. The maximum atomic E-state index is 13.1. The third-order valence-electron chi connectivity index (χ3n) is 6.05. The highest BCUT2D eigenvalue weighted by Gasteiger charge is 2.34. The Labute approximate surface area is 173 Å². The van der Waals surface area contributed by atoms with Gasteiger partial charge in [0, 0.05) is 44.8 Å². The molecule has 3 rings (SSSR count). The molecule has 0 spiro atoms. The van der Waals surface area contributed by atoms with Crippen LogP contribution in [0.5, 0.6) is 0 Å². The number of nitrogens with zero attached hydrogens (tertiary/aromatic N) is 4. The second kappa shape index (κ2) is 8.97. The zero-order valence-corrected chi connectivity index (χ0v) is 18.4. The minimum Gasteiger partial charge on any atom is -0.360 e. The first-order chi connectivity index (χ1) is 13.7. The third kappa shape index (κ3) is 4.73. The van der Waals surface area contributed by atoms with Crippen LogP contribution in [0.2, 0.25) is 0 Å². The summed E-state index contributed by atoms with van der Waals surface area (Å²) in [7, 11) is -1.67. The lowest BCUT2D eigenvalue weighted by atomic mass is 9.98. The molecule has 0 bridgehead atoms. The number of likely N-dealkylation sites (N-methyl/N-ethyl adjacent to an activating group) is 1. The Bertz CT molecular complexity index is 835. The molecule has 162 valence electrons. The van der Waals surface area contributed by atoms with Crippen molar-refractivity contribution in [2.24, 2.45) is 5.92 Å². The topological polar surface area (TPSA) is 87.0 Å². The lowest BCUT2D eigenvalue weighted by Crippen LogP contribution is -2.54. The maximum Gasteiger partial charge on any atom is 0.293 e. The van der Waals surface area contributed by atoms with Gasteiger partial charge in [0.2, 0.25) is 10.0 Å². The number of nitro benzene ring substituents is 1. The molecule has 1 unspecified atom stereocenters. The summed E-state index contributed by atoms with van der Waals surface area (Å²) in [5.74, 6) is 0.317. The van der Waals surface area contributed by atoms with Crippen LogP contribution in [0.4, 0.5) is 11.4 Å². The molecule has 0 N–H and O–H groups in total. The predicted octanol–water partition coefficient (Wildman–Crippen LogP) is 2.94. The fourth-order valence-electron chi connectivity index (χ4n) is 4.31. The Balaban J connectivity index is 1.98. The van der Waals surface area contributed by atoms with Crippen LogP contribution in [0.3, 0.4) is 0 Å². The van der Waals surface area contributed by atoms with Gasteiger partial charge in [-0.25, -0.2) is 8.42 Å². The van der Waals surface area contributed by atoms with Crippen LogP contribution < -0.4 is 4.90 Å². The fraction of sp³-hybridized carbons (Fsp3) is 0.700. The van der Waals surface area contributed by atoms with Crippen molar-refractivity contribution in [3.8, 4) is 0 Å². The lowest BCUT2D eigenvalue weighted by Gasteiger charge is -2.43. The number of sulfonamides is 1. The van der Waals surface area contributed by atoms with Gasteiger partial charge in [-0.05, 0) is 37.9 Å². The standard InChI is InChI=1S/C20H32N4O4S/c1-16(2)20-15-21(3)12-13-23(20)18-9-8-17(14-19(18)24(25)26)29(27,28)22-10-6-4-5-7-11-22/h8-9,14,16,20H,4-7,10-13,15H2,1-3H3. The van der Waals surface area contributed by atoms with E-state index in [-0.39, 0.29) is 16.6 Å². The van der Waals surface area contributed by atoms with E-state index in [0.29, 0.717) is 31.2 Å². The quantitative estimate of drug-likeness (QED) is 0.534. The largest absolute Gasteiger partial charge is 0.360 e. The Morgan fingerprint density at radius 2 is 1.72 bits per heavy atom. The van der Waals surface area contributed by atoms with Gasteiger partial charge in [0.15, 0.2) is 0 Å². The Hall–Kier alpha value is -1.71. The molecule has 2 saturated heterocycles. The fourth-order valence-corrected chi connectivity index (χ4v) is 5.84. The van der Waals surface area contributed by atoms with Crippen molar-refractivity contribution in [1.82, 2.24) is 9.21 Å². The van der Waals surface area contributed by atoms with Gasteiger partial charge in [-0.2, -0.15) is 4.31 Å². The van der Waals surface area contributed by atoms with Crippen molar-refractivity contribution in [3.05, 3.63) is 28.3 Å². The van der Waals surface area contributed by atoms with Crippen molar-refractivity contribution in [3.63, 3.8) is 0 Å². The lowest BCUT2D eigenvalue weighted by molar-refractivity contribution is -0.384. The highest BCUT2D eigenvalue weighted by Crippen LogP contribution is 2.35. The zero-order chi connectivity index (χ0) is 21.2. The molecule has 1 aromatic carbocycles. The summed E-state index contributed by atoms with van der Waals surface area (Å²) in [5, 5.41) is 11.9. The minimum atomic E-state index is -3.73. The zero-order valence-electron chi connectivity index (χ0n) is 17.6. The van der Waals surface area contributed by atoms with E-state index in [1.54, 1.807) is 6.07 Å². The Kier molecular flexibility index (Phi) is 6.80. The van der Waals surface area contributed by atoms with Gasteiger partial charge < -0.3 is 9.80 Å². The highest BCUT2D eigenvalue weighted by molar-refractivity contribution is 7.89. The second-order valence-corrected chi connectivity index (χ2v) is 10.4. The highest BCUT2D eigenvalue weighted by atomic mass is 32.2. The summed E-state index contributed by atoms with van der Waals surface area (Å²) < 4.78 is 27.7. The molecule has 0 amide bonds. The summed E-state index contributed by atoms with van der Waals surface area (Å²) in [6.45, 7) is 7.49. The van der Waals surface area contributed by atoms with Gasteiger partial charge in [-0.1, -0.05) is 26.7 Å². The molecule has 2 aliphatic rings. The first-order valence-corrected chi connectivity index (χ1v) is 11.9.